The zero-order chi connectivity index (χ0) is 9.30. The highest BCUT2D eigenvalue weighted by atomic mass is 127. The molecule has 1 rings (SSSR count). The number of carbonyl (C=O) groups excluding carboxylic acids is 1. The number of halogens is 1. The van der Waals surface area contributed by atoms with Crippen molar-refractivity contribution in [3.63, 3.8) is 0 Å². The van der Waals surface area contributed by atoms with Crippen LogP contribution in [0.2, 0.25) is 0 Å². The zero-order valence-electron chi connectivity index (χ0n) is 7.02. The first-order chi connectivity index (χ1) is 5.52. The van der Waals surface area contributed by atoms with Gasteiger partial charge in [0, 0.05) is 3.57 Å². The van der Waals surface area contributed by atoms with E-state index in [1.165, 1.54) is 0 Å². The van der Waals surface area contributed by atoms with Crippen LogP contribution in [-0.4, -0.2) is 5.91 Å². The van der Waals surface area contributed by atoms with Crippen LogP contribution in [-0.2, 0) is 0 Å². The van der Waals surface area contributed by atoms with E-state index in [1.807, 2.05) is 26.0 Å². The molecule has 1 aromatic carbocycles. The fourth-order valence-electron chi connectivity index (χ4n) is 1.13. The second kappa shape index (κ2) is 3.43. The van der Waals surface area contributed by atoms with Gasteiger partial charge in [-0.05, 0) is 48.1 Å². The monoisotopic (exact) mass is 275 g/mol. The van der Waals surface area contributed by atoms with Gasteiger partial charge in [0.15, 0.2) is 0 Å². The minimum atomic E-state index is -0.355. The lowest BCUT2D eigenvalue weighted by molar-refractivity contribution is 0.0999. The third-order valence-corrected chi connectivity index (χ3v) is 3.10. The molecular formula is C9H10INO. The second-order valence-corrected chi connectivity index (χ2v) is 3.89. The fraction of sp³-hybridized carbons (Fsp3) is 0.222. The molecule has 0 aliphatic carbocycles. The molecule has 1 aromatic rings. The van der Waals surface area contributed by atoms with Crippen molar-refractivity contribution < 1.29 is 4.79 Å². The average molecular weight is 275 g/mol. The van der Waals surface area contributed by atoms with E-state index in [0.29, 0.717) is 5.56 Å². The van der Waals surface area contributed by atoms with Gasteiger partial charge in [-0.15, -0.1) is 0 Å². The van der Waals surface area contributed by atoms with Crippen molar-refractivity contribution in [1.29, 1.82) is 0 Å². The first-order valence-corrected chi connectivity index (χ1v) is 4.67. The Morgan fingerprint density at radius 3 is 2.50 bits per heavy atom. The summed E-state index contributed by atoms with van der Waals surface area (Å²) in [7, 11) is 0. The third kappa shape index (κ3) is 1.77. The lowest BCUT2D eigenvalue weighted by Gasteiger charge is -2.04. The van der Waals surface area contributed by atoms with Gasteiger partial charge in [-0.25, -0.2) is 0 Å². The smallest absolute Gasteiger partial charge is 0.249 e. The summed E-state index contributed by atoms with van der Waals surface area (Å²) >= 11 is 2.14. The van der Waals surface area contributed by atoms with Gasteiger partial charge in [-0.2, -0.15) is 0 Å². The second-order valence-electron chi connectivity index (χ2n) is 2.81. The van der Waals surface area contributed by atoms with Crippen LogP contribution in [0.25, 0.3) is 0 Å². The van der Waals surface area contributed by atoms with Gasteiger partial charge < -0.3 is 5.73 Å². The van der Waals surface area contributed by atoms with E-state index >= 15 is 0 Å². The topological polar surface area (TPSA) is 43.1 Å². The van der Waals surface area contributed by atoms with Gasteiger partial charge >= 0.3 is 0 Å². The van der Waals surface area contributed by atoms with Gasteiger partial charge in [-0.1, -0.05) is 11.6 Å². The molecule has 0 fully saturated rings. The summed E-state index contributed by atoms with van der Waals surface area (Å²) in [5.41, 5.74) is 8.00. The van der Waals surface area contributed by atoms with Crippen LogP contribution in [0.5, 0.6) is 0 Å². The average Bonchev–Trinajstić information content (AvgIpc) is 1.96. The maximum atomic E-state index is 10.9. The van der Waals surface area contributed by atoms with E-state index in [0.717, 1.165) is 14.7 Å². The van der Waals surface area contributed by atoms with E-state index in [9.17, 15) is 4.79 Å². The van der Waals surface area contributed by atoms with Crippen molar-refractivity contribution in [1.82, 2.24) is 0 Å². The predicted octanol–water partition coefficient (Wildman–Crippen LogP) is 2.01. The van der Waals surface area contributed by atoms with Crippen LogP contribution >= 0.6 is 22.6 Å². The number of rotatable bonds is 1. The van der Waals surface area contributed by atoms with Gasteiger partial charge in [0.25, 0.3) is 0 Å². The molecule has 0 radical (unpaired) electrons. The molecule has 0 bridgehead atoms. The van der Waals surface area contributed by atoms with E-state index in [2.05, 4.69) is 22.6 Å². The Labute approximate surface area is 85.3 Å². The molecule has 0 aromatic heterocycles. The van der Waals surface area contributed by atoms with E-state index < -0.39 is 0 Å². The third-order valence-electron chi connectivity index (χ3n) is 1.66. The maximum Gasteiger partial charge on any atom is 0.249 e. The molecule has 0 spiro atoms. The van der Waals surface area contributed by atoms with Crippen LogP contribution in [0.4, 0.5) is 0 Å². The van der Waals surface area contributed by atoms with Gasteiger partial charge in [-0.3, -0.25) is 4.79 Å². The van der Waals surface area contributed by atoms with E-state index in [-0.39, 0.29) is 5.91 Å². The molecule has 1 amide bonds. The molecule has 0 saturated heterocycles. The number of aryl methyl sites for hydroxylation is 2. The molecule has 2 nitrogen and oxygen atoms in total. The number of nitrogens with two attached hydrogens (primary N) is 1. The van der Waals surface area contributed by atoms with Crippen molar-refractivity contribution >= 4 is 28.5 Å². The standard InChI is InChI=1S/C9H10INO/c1-5-3-6(2)8(10)7(4-5)9(11)12/h3-4H,1-2H3,(H2,11,12). The van der Waals surface area contributed by atoms with Crippen LogP contribution in [0, 0.1) is 17.4 Å². The van der Waals surface area contributed by atoms with Crippen molar-refractivity contribution in [3.8, 4) is 0 Å². The number of hydrogen-bond donors (Lipinski definition) is 1. The predicted molar refractivity (Wildman–Crippen MR) is 57.2 cm³/mol. The molecule has 0 aliphatic rings. The normalized spacial score (nSPS) is 9.92. The highest BCUT2D eigenvalue weighted by Crippen LogP contribution is 2.18. The minimum Gasteiger partial charge on any atom is -0.366 e. The van der Waals surface area contributed by atoms with Crippen LogP contribution in [0.1, 0.15) is 21.5 Å². The minimum absolute atomic E-state index is 0.355. The zero-order valence-corrected chi connectivity index (χ0v) is 9.18. The van der Waals surface area contributed by atoms with Crippen molar-refractivity contribution in [2.45, 2.75) is 13.8 Å². The lowest BCUT2D eigenvalue weighted by Crippen LogP contribution is -2.13. The molecule has 2 N–H and O–H groups in total. The quantitative estimate of drug-likeness (QED) is 0.783. The summed E-state index contributed by atoms with van der Waals surface area (Å²) in [5.74, 6) is -0.355. The number of carbonyl (C=O) groups is 1. The molecule has 0 heterocycles. The Hall–Kier alpha value is -0.580. The van der Waals surface area contributed by atoms with Crippen LogP contribution in [0.15, 0.2) is 12.1 Å². The first kappa shape index (κ1) is 9.51. The summed E-state index contributed by atoms with van der Waals surface area (Å²) in [6.07, 6.45) is 0. The number of hydrogen-bond acceptors (Lipinski definition) is 1. The summed E-state index contributed by atoms with van der Waals surface area (Å²) in [4.78, 5) is 10.9. The summed E-state index contributed by atoms with van der Waals surface area (Å²) in [6, 6.07) is 3.85. The number of benzene rings is 1. The van der Waals surface area contributed by atoms with Crippen LogP contribution in [0.3, 0.4) is 0 Å². The Morgan fingerprint density at radius 1 is 1.42 bits per heavy atom. The van der Waals surface area contributed by atoms with Gasteiger partial charge in [0.2, 0.25) is 5.91 Å². The van der Waals surface area contributed by atoms with Crippen molar-refractivity contribution in [2.75, 3.05) is 0 Å². The lowest BCUT2D eigenvalue weighted by atomic mass is 10.1. The van der Waals surface area contributed by atoms with E-state index in [4.69, 9.17) is 5.73 Å². The summed E-state index contributed by atoms with van der Waals surface area (Å²) in [5, 5.41) is 0. The molecule has 64 valence electrons. The molecular weight excluding hydrogens is 265 g/mol. The highest BCUT2D eigenvalue weighted by molar-refractivity contribution is 14.1. The van der Waals surface area contributed by atoms with E-state index in [1.54, 1.807) is 0 Å². The Balaban J connectivity index is 3.37. The SMILES string of the molecule is Cc1cc(C)c(I)c(C(N)=O)c1. The number of amides is 1. The first-order valence-electron chi connectivity index (χ1n) is 3.59. The summed E-state index contributed by atoms with van der Waals surface area (Å²) in [6.45, 7) is 3.93. The van der Waals surface area contributed by atoms with Crippen molar-refractivity contribution in [3.05, 3.63) is 32.4 Å². The van der Waals surface area contributed by atoms with Gasteiger partial charge in [0.05, 0.1) is 5.56 Å². The Kier molecular flexibility index (Phi) is 2.72. The fourth-order valence-corrected chi connectivity index (χ4v) is 1.71. The Morgan fingerprint density at radius 2 is 2.00 bits per heavy atom. The maximum absolute atomic E-state index is 10.9. The largest absolute Gasteiger partial charge is 0.366 e. The molecule has 0 saturated carbocycles. The summed E-state index contributed by atoms with van der Waals surface area (Å²) < 4.78 is 0.950. The molecule has 0 unspecified atom stereocenters. The number of primary amides is 1. The van der Waals surface area contributed by atoms with Gasteiger partial charge in [0.1, 0.15) is 0 Å². The molecule has 0 aliphatic heterocycles. The van der Waals surface area contributed by atoms with Crippen molar-refractivity contribution in [2.24, 2.45) is 5.73 Å². The Bertz CT molecular complexity index is 334. The highest BCUT2D eigenvalue weighted by Gasteiger charge is 2.08. The molecule has 3 heteroatoms. The van der Waals surface area contributed by atoms with Crippen LogP contribution < -0.4 is 5.73 Å². The molecule has 0 atom stereocenters. The molecule has 12 heavy (non-hydrogen) atoms.